The number of benzene rings is 2. The van der Waals surface area contributed by atoms with E-state index in [1.54, 1.807) is 0 Å². The largest absolute Gasteiger partial charge is 0.327 e. The lowest BCUT2D eigenvalue weighted by Crippen LogP contribution is -2.31. The van der Waals surface area contributed by atoms with Crippen LogP contribution in [0.4, 0.5) is 5.69 Å². The molecule has 128 valence electrons. The Morgan fingerprint density at radius 2 is 1.71 bits per heavy atom. The van der Waals surface area contributed by atoms with E-state index in [1.807, 2.05) is 30.3 Å². The molecule has 0 spiro atoms. The molecule has 8 heteroatoms. The van der Waals surface area contributed by atoms with Crippen molar-refractivity contribution in [2.24, 2.45) is 5.73 Å². The first-order chi connectivity index (χ1) is 11.4. The average molecular weight is 349 g/mol. The molecule has 0 saturated heterocycles. The number of hydrogen-bond donors (Lipinski definition) is 2. The molecular weight excluding hydrogens is 330 g/mol. The SMILES string of the molecule is NC(CCNS(=O)(=O)c1ccc([N+](=O)[O-])cc1)Cc1ccccc1. The number of hydrogen-bond acceptors (Lipinski definition) is 5. The molecule has 0 amide bonds. The van der Waals surface area contributed by atoms with Crippen LogP contribution in [0.15, 0.2) is 59.5 Å². The van der Waals surface area contributed by atoms with Gasteiger partial charge in [-0.2, -0.15) is 0 Å². The third-order valence-corrected chi connectivity index (χ3v) is 4.98. The third-order valence-electron chi connectivity index (χ3n) is 3.51. The first-order valence-electron chi connectivity index (χ1n) is 7.42. The van der Waals surface area contributed by atoms with Crippen LogP contribution < -0.4 is 10.5 Å². The van der Waals surface area contributed by atoms with Gasteiger partial charge in [0, 0.05) is 24.7 Å². The Bertz CT molecular complexity index is 777. The number of nitrogens with one attached hydrogen (secondary N) is 1. The molecule has 0 heterocycles. The average Bonchev–Trinajstić information content (AvgIpc) is 2.55. The Labute approximate surface area is 140 Å². The fourth-order valence-corrected chi connectivity index (χ4v) is 3.28. The molecule has 0 saturated carbocycles. The van der Waals surface area contributed by atoms with Gasteiger partial charge in [-0.1, -0.05) is 30.3 Å². The molecule has 2 rings (SSSR count). The molecular formula is C16H19N3O4S. The minimum atomic E-state index is -3.70. The smallest absolute Gasteiger partial charge is 0.269 e. The molecule has 0 aliphatic carbocycles. The number of rotatable bonds is 8. The van der Waals surface area contributed by atoms with Crippen LogP contribution in [0.2, 0.25) is 0 Å². The molecule has 2 aromatic rings. The number of nitro benzene ring substituents is 1. The molecule has 0 radical (unpaired) electrons. The highest BCUT2D eigenvalue weighted by Crippen LogP contribution is 2.15. The minimum Gasteiger partial charge on any atom is -0.327 e. The summed E-state index contributed by atoms with van der Waals surface area (Å²) in [7, 11) is -3.70. The van der Waals surface area contributed by atoms with Crippen LogP contribution in [0, 0.1) is 10.1 Å². The fraction of sp³-hybridized carbons (Fsp3) is 0.250. The van der Waals surface area contributed by atoms with Gasteiger partial charge in [0.2, 0.25) is 10.0 Å². The molecule has 24 heavy (non-hydrogen) atoms. The molecule has 0 fully saturated rings. The van der Waals surface area contributed by atoms with Crippen molar-refractivity contribution in [1.82, 2.24) is 4.72 Å². The second-order valence-electron chi connectivity index (χ2n) is 5.39. The molecule has 1 unspecified atom stereocenters. The van der Waals surface area contributed by atoms with E-state index in [4.69, 9.17) is 5.73 Å². The van der Waals surface area contributed by atoms with E-state index < -0.39 is 14.9 Å². The van der Waals surface area contributed by atoms with Crippen molar-refractivity contribution in [1.29, 1.82) is 0 Å². The molecule has 0 aliphatic rings. The van der Waals surface area contributed by atoms with E-state index in [0.29, 0.717) is 12.8 Å². The maximum absolute atomic E-state index is 12.1. The standard InChI is InChI=1S/C16H19N3O4S/c17-14(12-13-4-2-1-3-5-13)10-11-18-24(22,23)16-8-6-15(7-9-16)19(20)21/h1-9,14,18H,10-12,17H2. The van der Waals surface area contributed by atoms with Crippen molar-refractivity contribution in [3.05, 3.63) is 70.3 Å². The highest BCUT2D eigenvalue weighted by atomic mass is 32.2. The number of nitrogens with zero attached hydrogens (tertiary/aromatic N) is 1. The van der Waals surface area contributed by atoms with Crippen molar-refractivity contribution < 1.29 is 13.3 Å². The van der Waals surface area contributed by atoms with Crippen molar-refractivity contribution in [2.75, 3.05) is 6.54 Å². The lowest BCUT2D eigenvalue weighted by atomic mass is 10.0. The Hall–Kier alpha value is -2.29. The Morgan fingerprint density at radius 3 is 2.29 bits per heavy atom. The van der Waals surface area contributed by atoms with Gasteiger partial charge in [-0.3, -0.25) is 10.1 Å². The summed E-state index contributed by atoms with van der Waals surface area (Å²) >= 11 is 0. The summed E-state index contributed by atoms with van der Waals surface area (Å²) in [6.45, 7) is 0.202. The molecule has 3 N–H and O–H groups in total. The fourth-order valence-electron chi connectivity index (χ4n) is 2.23. The first kappa shape index (κ1) is 18.1. The van der Waals surface area contributed by atoms with Crippen LogP contribution in [0.3, 0.4) is 0 Å². The van der Waals surface area contributed by atoms with Crippen LogP contribution in [0.25, 0.3) is 0 Å². The molecule has 0 bridgehead atoms. The number of nitro groups is 1. The van der Waals surface area contributed by atoms with Crippen LogP contribution in [-0.4, -0.2) is 25.9 Å². The Morgan fingerprint density at radius 1 is 1.08 bits per heavy atom. The highest BCUT2D eigenvalue weighted by molar-refractivity contribution is 7.89. The van der Waals surface area contributed by atoms with Gasteiger partial charge in [-0.05, 0) is 30.5 Å². The van der Waals surface area contributed by atoms with Crippen LogP contribution >= 0.6 is 0 Å². The monoisotopic (exact) mass is 349 g/mol. The predicted molar refractivity (Wildman–Crippen MR) is 91.0 cm³/mol. The van der Waals surface area contributed by atoms with Crippen molar-refractivity contribution >= 4 is 15.7 Å². The van der Waals surface area contributed by atoms with Gasteiger partial charge in [-0.25, -0.2) is 13.1 Å². The van der Waals surface area contributed by atoms with Gasteiger partial charge in [0.05, 0.1) is 9.82 Å². The maximum Gasteiger partial charge on any atom is 0.269 e. The lowest BCUT2D eigenvalue weighted by Gasteiger charge is -2.12. The molecule has 7 nitrogen and oxygen atoms in total. The van der Waals surface area contributed by atoms with E-state index in [-0.39, 0.29) is 23.2 Å². The van der Waals surface area contributed by atoms with E-state index >= 15 is 0 Å². The summed E-state index contributed by atoms with van der Waals surface area (Å²) in [5, 5.41) is 10.6. The van der Waals surface area contributed by atoms with Crippen LogP contribution in [-0.2, 0) is 16.4 Å². The van der Waals surface area contributed by atoms with Crippen LogP contribution in [0.1, 0.15) is 12.0 Å². The van der Waals surface area contributed by atoms with Gasteiger partial charge >= 0.3 is 0 Å². The molecule has 0 aromatic heterocycles. The Kier molecular flexibility index (Phi) is 6.02. The summed E-state index contributed by atoms with van der Waals surface area (Å²) in [5.41, 5.74) is 6.96. The lowest BCUT2D eigenvalue weighted by molar-refractivity contribution is -0.384. The van der Waals surface area contributed by atoms with Gasteiger partial charge in [0.15, 0.2) is 0 Å². The predicted octanol–water partition coefficient (Wildman–Crippen LogP) is 1.83. The van der Waals surface area contributed by atoms with E-state index in [2.05, 4.69) is 4.72 Å². The Balaban J connectivity index is 1.87. The van der Waals surface area contributed by atoms with Gasteiger partial charge in [0.1, 0.15) is 0 Å². The highest BCUT2D eigenvalue weighted by Gasteiger charge is 2.16. The van der Waals surface area contributed by atoms with E-state index in [9.17, 15) is 18.5 Å². The molecule has 1 atom stereocenters. The summed E-state index contributed by atoms with van der Waals surface area (Å²) in [6.07, 6.45) is 1.15. The normalized spacial score (nSPS) is 12.7. The number of non-ortho nitro benzene ring substituents is 1. The summed E-state index contributed by atoms with van der Waals surface area (Å²) < 4.78 is 26.7. The first-order valence-corrected chi connectivity index (χ1v) is 8.90. The zero-order valence-corrected chi connectivity index (χ0v) is 13.8. The molecule has 0 aliphatic heterocycles. The molecule has 2 aromatic carbocycles. The second-order valence-corrected chi connectivity index (χ2v) is 7.15. The van der Waals surface area contributed by atoms with Crippen molar-refractivity contribution in [2.45, 2.75) is 23.8 Å². The van der Waals surface area contributed by atoms with Crippen LogP contribution in [0.5, 0.6) is 0 Å². The second kappa shape index (κ2) is 8.00. The summed E-state index contributed by atoms with van der Waals surface area (Å²) in [5.74, 6) is 0. The summed E-state index contributed by atoms with van der Waals surface area (Å²) in [4.78, 5) is 10.00. The van der Waals surface area contributed by atoms with Crippen molar-refractivity contribution in [3.8, 4) is 0 Å². The van der Waals surface area contributed by atoms with Crippen molar-refractivity contribution in [3.63, 3.8) is 0 Å². The zero-order chi connectivity index (χ0) is 17.6. The summed E-state index contributed by atoms with van der Waals surface area (Å²) in [6, 6.07) is 14.3. The van der Waals surface area contributed by atoms with Gasteiger partial charge in [-0.15, -0.1) is 0 Å². The topological polar surface area (TPSA) is 115 Å². The number of sulfonamides is 1. The zero-order valence-electron chi connectivity index (χ0n) is 13.0. The van der Waals surface area contributed by atoms with Gasteiger partial charge < -0.3 is 5.73 Å². The number of nitrogens with two attached hydrogens (primary N) is 1. The maximum atomic E-state index is 12.1. The van der Waals surface area contributed by atoms with Gasteiger partial charge in [0.25, 0.3) is 5.69 Å². The quantitative estimate of drug-likeness (QED) is 0.557. The minimum absolute atomic E-state index is 0.00951. The van der Waals surface area contributed by atoms with E-state index in [0.717, 1.165) is 17.7 Å². The third kappa shape index (κ3) is 5.12. The van der Waals surface area contributed by atoms with E-state index in [1.165, 1.54) is 12.1 Å².